The predicted molar refractivity (Wildman–Crippen MR) is 78.6 cm³/mol. The maximum atomic E-state index is 12.0. The molecule has 1 atom stereocenters. The fourth-order valence-corrected chi connectivity index (χ4v) is 2.52. The molecule has 0 heterocycles. The first-order valence-corrected chi connectivity index (χ1v) is 7.00. The topological polar surface area (TPSA) is 26.3 Å². The summed E-state index contributed by atoms with van der Waals surface area (Å²) in [6.07, 6.45) is 0.494. The number of hydrogen-bond acceptors (Lipinski definition) is 2. The molecular formula is C17H26O2. The van der Waals surface area contributed by atoms with Gasteiger partial charge < -0.3 is 4.74 Å². The molecule has 0 saturated heterocycles. The first kappa shape index (κ1) is 15.7. The maximum Gasteiger partial charge on any atom is 0.306 e. The normalized spacial score (nSPS) is 13.4. The fraction of sp³-hybridized carbons (Fsp3) is 0.588. The Labute approximate surface area is 117 Å². The lowest BCUT2D eigenvalue weighted by molar-refractivity contribution is -0.147. The largest absolute Gasteiger partial charge is 0.461 e. The van der Waals surface area contributed by atoms with Crippen LogP contribution >= 0.6 is 0 Å². The van der Waals surface area contributed by atoms with E-state index in [0.29, 0.717) is 24.9 Å². The smallest absolute Gasteiger partial charge is 0.306 e. The fourth-order valence-electron chi connectivity index (χ4n) is 2.52. The van der Waals surface area contributed by atoms with Gasteiger partial charge in [0, 0.05) is 6.42 Å². The van der Waals surface area contributed by atoms with Crippen LogP contribution in [0.5, 0.6) is 0 Å². The van der Waals surface area contributed by atoms with Crippen LogP contribution in [0, 0.1) is 17.3 Å². The molecule has 2 nitrogen and oxygen atoms in total. The summed E-state index contributed by atoms with van der Waals surface area (Å²) in [5.41, 5.74) is 1.16. The predicted octanol–water partition coefficient (Wildman–Crippen LogP) is 4.44. The van der Waals surface area contributed by atoms with Crippen molar-refractivity contribution in [1.29, 1.82) is 0 Å². The average molecular weight is 262 g/mol. The van der Waals surface area contributed by atoms with Crippen LogP contribution in [0.15, 0.2) is 30.3 Å². The molecule has 0 aliphatic rings. The van der Waals surface area contributed by atoms with E-state index in [1.807, 2.05) is 30.3 Å². The maximum absolute atomic E-state index is 12.0. The number of benzene rings is 1. The molecule has 0 radical (unpaired) electrons. The van der Waals surface area contributed by atoms with Crippen molar-refractivity contribution in [1.82, 2.24) is 0 Å². The summed E-state index contributed by atoms with van der Waals surface area (Å²) >= 11 is 0. The molecular weight excluding hydrogens is 236 g/mol. The molecule has 0 aromatic heterocycles. The van der Waals surface area contributed by atoms with Crippen molar-refractivity contribution >= 4 is 5.97 Å². The Morgan fingerprint density at radius 3 is 2.21 bits per heavy atom. The Kier molecular flexibility index (Phi) is 5.59. The zero-order valence-electron chi connectivity index (χ0n) is 12.8. The van der Waals surface area contributed by atoms with Gasteiger partial charge in [-0.2, -0.15) is 0 Å². The van der Waals surface area contributed by atoms with E-state index in [9.17, 15) is 4.79 Å². The van der Waals surface area contributed by atoms with Gasteiger partial charge >= 0.3 is 5.97 Å². The lowest BCUT2D eigenvalue weighted by Crippen LogP contribution is -2.28. The second kappa shape index (κ2) is 6.74. The number of carbonyl (C=O) groups is 1. The van der Waals surface area contributed by atoms with E-state index in [-0.39, 0.29) is 11.4 Å². The SMILES string of the molecule is CC(C)[C@H](CC(=O)OCc1ccccc1)C(C)(C)C. The van der Waals surface area contributed by atoms with Gasteiger partial charge in [0.05, 0.1) is 0 Å². The minimum atomic E-state index is -0.0996. The third-order valence-electron chi connectivity index (χ3n) is 3.55. The zero-order valence-corrected chi connectivity index (χ0v) is 12.8. The summed E-state index contributed by atoms with van der Waals surface area (Å²) in [6, 6.07) is 9.80. The Bertz CT molecular complexity index is 387. The molecule has 0 spiro atoms. The lowest BCUT2D eigenvalue weighted by Gasteiger charge is -2.33. The van der Waals surface area contributed by atoms with Gasteiger partial charge in [-0.1, -0.05) is 65.0 Å². The van der Waals surface area contributed by atoms with Gasteiger partial charge in [0.25, 0.3) is 0 Å². The molecule has 1 rings (SSSR count). The van der Waals surface area contributed by atoms with Crippen molar-refractivity contribution in [3.8, 4) is 0 Å². The van der Waals surface area contributed by atoms with Crippen LogP contribution in [0.3, 0.4) is 0 Å². The molecule has 19 heavy (non-hydrogen) atoms. The van der Waals surface area contributed by atoms with Crippen LogP contribution in [0.4, 0.5) is 0 Å². The Morgan fingerprint density at radius 1 is 1.16 bits per heavy atom. The van der Waals surface area contributed by atoms with E-state index in [2.05, 4.69) is 34.6 Å². The highest BCUT2D eigenvalue weighted by Crippen LogP contribution is 2.34. The minimum Gasteiger partial charge on any atom is -0.461 e. The number of carbonyl (C=O) groups excluding carboxylic acids is 1. The second-order valence-electron chi connectivity index (χ2n) is 6.57. The van der Waals surface area contributed by atoms with Crippen molar-refractivity contribution in [3.05, 3.63) is 35.9 Å². The first-order chi connectivity index (χ1) is 8.80. The van der Waals surface area contributed by atoms with Crippen LogP contribution < -0.4 is 0 Å². The van der Waals surface area contributed by atoms with Crippen LogP contribution in [0.2, 0.25) is 0 Å². The molecule has 0 aliphatic carbocycles. The van der Waals surface area contributed by atoms with Gasteiger partial charge in [0.2, 0.25) is 0 Å². The Morgan fingerprint density at radius 2 is 1.74 bits per heavy atom. The summed E-state index contributed by atoms with van der Waals surface area (Å²) in [6.45, 7) is 11.3. The van der Waals surface area contributed by atoms with Gasteiger partial charge in [-0.15, -0.1) is 0 Å². The Balaban J connectivity index is 2.50. The molecule has 0 fully saturated rings. The van der Waals surface area contributed by atoms with Gasteiger partial charge in [-0.3, -0.25) is 4.79 Å². The van der Waals surface area contributed by atoms with E-state index in [1.165, 1.54) is 0 Å². The third-order valence-corrected chi connectivity index (χ3v) is 3.55. The molecule has 0 aliphatic heterocycles. The second-order valence-corrected chi connectivity index (χ2v) is 6.57. The Hall–Kier alpha value is -1.31. The van der Waals surface area contributed by atoms with Gasteiger partial charge in [0.15, 0.2) is 0 Å². The van der Waals surface area contributed by atoms with E-state index < -0.39 is 0 Å². The minimum absolute atomic E-state index is 0.0996. The van der Waals surface area contributed by atoms with E-state index in [4.69, 9.17) is 4.74 Å². The number of rotatable bonds is 5. The van der Waals surface area contributed by atoms with Crippen LogP contribution in [-0.2, 0) is 16.1 Å². The van der Waals surface area contributed by atoms with Crippen molar-refractivity contribution in [2.45, 2.75) is 47.6 Å². The number of ether oxygens (including phenoxy) is 1. The van der Waals surface area contributed by atoms with Crippen LogP contribution in [0.1, 0.15) is 46.6 Å². The zero-order chi connectivity index (χ0) is 14.5. The highest BCUT2D eigenvalue weighted by atomic mass is 16.5. The molecule has 2 heteroatoms. The first-order valence-electron chi connectivity index (χ1n) is 7.00. The van der Waals surface area contributed by atoms with Gasteiger partial charge in [-0.05, 0) is 22.8 Å². The van der Waals surface area contributed by atoms with Crippen LogP contribution in [-0.4, -0.2) is 5.97 Å². The summed E-state index contributed by atoms with van der Waals surface area (Å²) in [5, 5.41) is 0. The third kappa shape index (κ3) is 5.46. The van der Waals surface area contributed by atoms with Crippen molar-refractivity contribution in [3.63, 3.8) is 0 Å². The summed E-state index contributed by atoms with van der Waals surface area (Å²) in [4.78, 5) is 12.0. The average Bonchev–Trinajstić information content (AvgIpc) is 2.33. The summed E-state index contributed by atoms with van der Waals surface area (Å²) < 4.78 is 5.36. The molecule has 0 bridgehead atoms. The lowest BCUT2D eigenvalue weighted by atomic mass is 9.72. The van der Waals surface area contributed by atoms with Gasteiger partial charge in [0.1, 0.15) is 6.61 Å². The monoisotopic (exact) mass is 262 g/mol. The van der Waals surface area contributed by atoms with E-state index in [1.54, 1.807) is 0 Å². The molecule has 1 aromatic rings. The van der Waals surface area contributed by atoms with Crippen LogP contribution in [0.25, 0.3) is 0 Å². The standard InChI is InChI=1S/C17H26O2/c1-13(2)15(17(3,4)5)11-16(18)19-12-14-9-7-6-8-10-14/h6-10,13,15H,11-12H2,1-5H3/t15-/m0/s1. The molecule has 0 N–H and O–H groups in total. The van der Waals surface area contributed by atoms with Gasteiger partial charge in [-0.25, -0.2) is 0 Å². The van der Waals surface area contributed by atoms with Crippen molar-refractivity contribution < 1.29 is 9.53 Å². The number of hydrogen-bond donors (Lipinski definition) is 0. The molecule has 106 valence electrons. The quantitative estimate of drug-likeness (QED) is 0.733. The summed E-state index contributed by atoms with van der Waals surface area (Å²) in [5.74, 6) is 0.720. The highest BCUT2D eigenvalue weighted by molar-refractivity contribution is 5.69. The molecule has 1 aromatic carbocycles. The molecule has 0 saturated carbocycles. The summed E-state index contributed by atoms with van der Waals surface area (Å²) in [7, 11) is 0. The highest BCUT2D eigenvalue weighted by Gasteiger charge is 2.29. The van der Waals surface area contributed by atoms with Crippen molar-refractivity contribution in [2.75, 3.05) is 0 Å². The van der Waals surface area contributed by atoms with Crippen molar-refractivity contribution in [2.24, 2.45) is 17.3 Å². The molecule has 0 amide bonds. The molecule has 0 unspecified atom stereocenters. The number of esters is 1. The van der Waals surface area contributed by atoms with E-state index >= 15 is 0 Å². The van der Waals surface area contributed by atoms with E-state index in [0.717, 1.165) is 5.56 Å².